The topological polar surface area (TPSA) is 55.8 Å². The van der Waals surface area contributed by atoms with Crippen LogP contribution in [0, 0.1) is 0 Å². The Morgan fingerprint density at radius 3 is 2.82 bits per heavy atom. The maximum atomic E-state index is 12.0. The van der Waals surface area contributed by atoms with Gasteiger partial charge in [-0.25, -0.2) is 0 Å². The van der Waals surface area contributed by atoms with Gasteiger partial charge in [0.25, 0.3) is 0 Å². The third-order valence-electron chi connectivity index (χ3n) is 2.81. The quantitative estimate of drug-likeness (QED) is 0.578. The lowest BCUT2D eigenvalue weighted by molar-refractivity contribution is -0.117. The summed E-state index contributed by atoms with van der Waals surface area (Å²) in [5, 5.41) is 0. The molecule has 0 spiro atoms. The second-order valence-electron chi connectivity index (χ2n) is 3.88. The molecule has 90 valence electrons. The van der Waals surface area contributed by atoms with Crippen molar-refractivity contribution in [1.82, 2.24) is 4.90 Å². The molecule has 1 heterocycles. The van der Waals surface area contributed by atoms with Crippen LogP contribution in [0.1, 0.15) is 17.3 Å². The normalized spacial score (nSPS) is 14.2. The standard InChI is InChI=1S/C12H13NO4/c1-8(13(2)6-14)12(15)9-3-4-10-11(5-9)17-7-16-10/h3-6,8H,7H2,1-2H3. The van der Waals surface area contributed by atoms with Crippen LogP contribution >= 0.6 is 0 Å². The maximum Gasteiger partial charge on any atom is 0.231 e. The van der Waals surface area contributed by atoms with E-state index in [0.29, 0.717) is 23.5 Å². The number of hydrogen-bond acceptors (Lipinski definition) is 4. The van der Waals surface area contributed by atoms with E-state index in [0.717, 1.165) is 0 Å². The Balaban J connectivity index is 2.23. The monoisotopic (exact) mass is 235 g/mol. The SMILES string of the molecule is CC(C(=O)c1ccc2c(c1)OCO2)N(C)C=O. The summed E-state index contributed by atoms with van der Waals surface area (Å²) in [4.78, 5) is 24.0. The minimum atomic E-state index is -0.493. The van der Waals surface area contributed by atoms with Gasteiger partial charge in [-0.2, -0.15) is 0 Å². The molecular formula is C12H13NO4. The lowest BCUT2D eigenvalue weighted by atomic mass is 10.0. The summed E-state index contributed by atoms with van der Waals surface area (Å²) in [6.07, 6.45) is 0.634. The van der Waals surface area contributed by atoms with Gasteiger partial charge >= 0.3 is 0 Å². The van der Waals surface area contributed by atoms with Gasteiger partial charge in [0.2, 0.25) is 13.2 Å². The van der Waals surface area contributed by atoms with Gasteiger partial charge in [0.15, 0.2) is 17.3 Å². The molecule has 1 aliphatic rings. The van der Waals surface area contributed by atoms with Crippen molar-refractivity contribution in [1.29, 1.82) is 0 Å². The van der Waals surface area contributed by atoms with Gasteiger partial charge in [0.05, 0.1) is 6.04 Å². The third kappa shape index (κ3) is 2.08. The van der Waals surface area contributed by atoms with Crippen molar-refractivity contribution in [3.8, 4) is 11.5 Å². The molecule has 1 aromatic rings. The summed E-state index contributed by atoms with van der Waals surface area (Å²) in [6.45, 7) is 1.86. The second kappa shape index (κ2) is 4.45. The molecule has 1 aromatic carbocycles. The Bertz CT molecular complexity index is 458. The molecule has 0 radical (unpaired) electrons. The average molecular weight is 235 g/mol. The molecule has 0 saturated carbocycles. The van der Waals surface area contributed by atoms with Crippen molar-refractivity contribution in [3.63, 3.8) is 0 Å². The molecule has 1 unspecified atom stereocenters. The number of hydrogen-bond donors (Lipinski definition) is 0. The first-order valence-corrected chi connectivity index (χ1v) is 5.24. The number of carbonyl (C=O) groups is 2. The third-order valence-corrected chi connectivity index (χ3v) is 2.81. The number of nitrogens with zero attached hydrogens (tertiary/aromatic N) is 1. The van der Waals surface area contributed by atoms with E-state index < -0.39 is 6.04 Å². The minimum absolute atomic E-state index is 0.127. The van der Waals surface area contributed by atoms with Gasteiger partial charge in [-0.3, -0.25) is 9.59 Å². The minimum Gasteiger partial charge on any atom is -0.454 e. The first-order chi connectivity index (χ1) is 8.13. The van der Waals surface area contributed by atoms with Crippen LogP contribution in [-0.2, 0) is 4.79 Å². The summed E-state index contributed by atoms with van der Waals surface area (Å²) in [7, 11) is 1.57. The summed E-state index contributed by atoms with van der Waals surface area (Å²) < 4.78 is 10.4. The summed E-state index contributed by atoms with van der Waals surface area (Å²) in [6, 6.07) is 4.52. The number of ketones is 1. The molecule has 0 N–H and O–H groups in total. The van der Waals surface area contributed by atoms with Crippen molar-refractivity contribution >= 4 is 12.2 Å². The number of carbonyl (C=O) groups excluding carboxylic acids is 2. The zero-order chi connectivity index (χ0) is 12.4. The van der Waals surface area contributed by atoms with E-state index in [4.69, 9.17) is 9.47 Å². The van der Waals surface area contributed by atoms with Crippen LogP contribution < -0.4 is 9.47 Å². The molecule has 0 fully saturated rings. The Hall–Kier alpha value is -2.04. The van der Waals surface area contributed by atoms with Crippen LogP contribution in [0.5, 0.6) is 11.5 Å². The van der Waals surface area contributed by atoms with Crippen molar-refractivity contribution in [2.45, 2.75) is 13.0 Å². The van der Waals surface area contributed by atoms with Crippen LogP contribution in [0.2, 0.25) is 0 Å². The zero-order valence-corrected chi connectivity index (χ0v) is 9.67. The largest absolute Gasteiger partial charge is 0.454 e. The number of Topliss-reactive ketones (excluding diaryl/α,β-unsaturated/α-hetero) is 1. The Morgan fingerprint density at radius 1 is 1.41 bits per heavy atom. The molecular weight excluding hydrogens is 222 g/mol. The van der Waals surface area contributed by atoms with Gasteiger partial charge in [0, 0.05) is 12.6 Å². The van der Waals surface area contributed by atoms with E-state index >= 15 is 0 Å². The molecule has 1 amide bonds. The maximum absolute atomic E-state index is 12.0. The lowest BCUT2D eigenvalue weighted by Gasteiger charge is -2.18. The molecule has 2 rings (SSSR count). The molecule has 5 heteroatoms. The van der Waals surface area contributed by atoms with Crippen LogP contribution in [0.4, 0.5) is 0 Å². The Labute approximate surface area is 98.9 Å². The molecule has 1 aliphatic heterocycles. The van der Waals surface area contributed by atoms with Gasteiger partial charge in [0.1, 0.15) is 0 Å². The summed E-state index contributed by atoms with van der Waals surface area (Å²) >= 11 is 0. The molecule has 5 nitrogen and oxygen atoms in total. The molecule has 0 saturated heterocycles. The Morgan fingerprint density at radius 2 is 2.12 bits per heavy atom. The number of amides is 1. The molecule has 0 bridgehead atoms. The van der Waals surface area contributed by atoms with Gasteiger partial charge < -0.3 is 14.4 Å². The van der Waals surface area contributed by atoms with Crippen molar-refractivity contribution in [2.75, 3.05) is 13.8 Å². The smallest absolute Gasteiger partial charge is 0.231 e. The first-order valence-electron chi connectivity index (χ1n) is 5.24. The van der Waals surface area contributed by atoms with E-state index in [2.05, 4.69) is 0 Å². The molecule has 17 heavy (non-hydrogen) atoms. The second-order valence-corrected chi connectivity index (χ2v) is 3.88. The molecule has 0 aliphatic carbocycles. The van der Waals surface area contributed by atoms with Gasteiger partial charge in [-0.05, 0) is 25.1 Å². The highest BCUT2D eigenvalue weighted by Crippen LogP contribution is 2.32. The van der Waals surface area contributed by atoms with Crippen molar-refractivity contribution in [2.24, 2.45) is 0 Å². The fraction of sp³-hybridized carbons (Fsp3) is 0.333. The van der Waals surface area contributed by atoms with Gasteiger partial charge in [-0.15, -0.1) is 0 Å². The van der Waals surface area contributed by atoms with Crippen LogP contribution in [-0.4, -0.2) is 37.0 Å². The fourth-order valence-electron chi connectivity index (χ4n) is 1.57. The van der Waals surface area contributed by atoms with E-state index in [1.54, 1.807) is 32.2 Å². The van der Waals surface area contributed by atoms with Crippen molar-refractivity contribution in [3.05, 3.63) is 23.8 Å². The average Bonchev–Trinajstić information content (AvgIpc) is 2.83. The van der Waals surface area contributed by atoms with E-state index in [-0.39, 0.29) is 12.6 Å². The predicted octanol–water partition coefficient (Wildman–Crippen LogP) is 1.07. The van der Waals surface area contributed by atoms with E-state index in [1.807, 2.05) is 0 Å². The van der Waals surface area contributed by atoms with E-state index in [1.165, 1.54) is 4.90 Å². The highest BCUT2D eigenvalue weighted by molar-refractivity contribution is 6.01. The summed E-state index contributed by atoms with van der Waals surface area (Å²) in [5.74, 6) is 1.08. The summed E-state index contributed by atoms with van der Waals surface area (Å²) in [5.41, 5.74) is 0.510. The van der Waals surface area contributed by atoms with E-state index in [9.17, 15) is 9.59 Å². The number of benzene rings is 1. The molecule has 1 atom stereocenters. The Kier molecular flexibility index (Phi) is 2.99. The van der Waals surface area contributed by atoms with Crippen LogP contribution in [0.25, 0.3) is 0 Å². The predicted molar refractivity (Wildman–Crippen MR) is 60.2 cm³/mol. The number of ether oxygens (including phenoxy) is 2. The number of rotatable bonds is 4. The van der Waals surface area contributed by atoms with Crippen LogP contribution in [0.3, 0.4) is 0 Å². The first kappa shape index (κ1) is 11.4. The number of fused-ring (bicyclic) bond motifs is 1. The highest BCUT2D eigenvalue weighted by Gasteiger charge is 2.21. The zero-order valence-electron chi connectivity index (χ0n) is 9.67. The number of likely N-dealkylation sites (N-methyl/N-ethyl adjacent to an activating group) is 1. The fourth-order valence-corrected chi connectivity index (χ4v) is 1.57. The lowest BCUT2D eigenvalue weighted by Crippen LogP contribution is -2.34. The molecule has 0 aromatic heterocycles. The van der Waals surface area contributed by atoms with Gasteiger partial charge in [-0.1, -0.05) is 0 Å². The van der Waals surface area contributed by atoms with Crippen molar-refractivity contribution < 1.29 is 19.1 Å². The van der Waals surface area contributed by atoms with Crippen LogP contribution in [0.15, 0.2) is 18.2 Å². The highest BCUT2D eigenvalue weighted by atomic mass is 16.7.